The van der Waals surface area contributed by atoms with Crippen molar-refractivity contribution >= 4 is 23.1 Å². The molecule has 0 aliphatic carbocycles. The second-order valence-electron chi connectivity index (χ2n) is 5.86. The van der Waals surface area contributed by atoms with Crippen LogP contribution in [-0.4, -0.2) is 25.9 Å². The molecular weight excluding hydrogens is 302 g/mol. The summed E-state index contributed by atoms with van der Waals surface area (Å²) in [5.74, 6) is 0.454. The highest BCUT2D eigenvalue weighted by Gasteiger charge is 2.49. The molecule has 5 nitrogen and oxygen atoms in total. The molecule has 1 aliphatic rings. The highest BCUT2D eigenvalue weighted by atomic mass is 16.5. The lowest BCUT2D eigenvalue weighted by Crippen LogP contribution is -2.53. The third-order valence-corrected chi connectivity index (χ3v) is 4.28. The van der Waals surface area contributed by atoms with Gasteiger partial charge in [0.1, 0.15) is 0 Å². The predicted octanol–water partition coefficient (Wildman–Crippen LogP) is 3.11. The van der Waals surface area contributed by atoms with Crippen LogP contribution in [0.1, 0.15) is 18.1 Å². The average molecular weight is 323 g/mol. The summed E-state index contributed by atoms with van der Waals surface area (Å²) >= 11 is 0. The minimum Gasteiger partial charge on any atom is -0.348 e. The number of hydrogen-bond acceptors (Lipinski definition) is 3. The fraction of sp³-hybridized carbons (Fsp3) is 0.263. The molecule has 0 saturated carbocycles. The van der Waals surface area contributed by atoms with Crippen LogP contribution in [0.4, 0.5) is 11.4 Å². The molecule has 1 unspecified atom stereocenters. The van der Waals surface area contributed by atoms with Gasteiger partial charge >= 0.3 is 0 Å². The van der Waals surface area contributed by atoms with Crippen LogP contribution >= 0.6 is 0 Å². The Labute approximate surface area is 142 Å². The third-order valence-electron chi connectivity index (χ3n) is 4.28. The van der Waals surface area contributed by atoms with Crippen LogP contribution in [0, 0.1) is 6.92 Å². The van der Waals surface area contributed by atoms with Gasteiger partial charge in [0.05, 0.1) is 11.4 Å². The molecule has 0 aromatic heterocycles. The molecule has 0 saturated heterocycles. The maximum atomic E-state index is 11.9. The highest BCUT2D eigenvalue weighted by Crippen LogP contribution is 2.41. The lowest BCUT2D eigenvalue weighted by molar-refractivity contribution is -0.125. The molecule has 2 aromatic carbocycles. The fourth-order valence-corrected chi connectivity index (χ4v) is 3.11. The Bertz CT molecular complexity index is 816. The number of nitrogens with zero attached hydrogens (tertiary/aromatic N) is 2. The summed E-state index contributed by atoms with van der Waals surface area (Å²) in [5, 5.41) is 2.95. The van der Waals surface area contributed by atoms with Crippen LogP contribution in [0.15, 0.2) is 53.5 Å². The van der Waals surface area contributed by atoms with E-state index in [9.17, 15) is 4.79 Å². The number of amides is 1. The Morgan fingerprint density at radius 1 is 1.17 bits per heavy atom. The van der Waals surface area contributed by atoms with Crippen molar-refractivity contribution in [1.82, 2.24) is 5.32 Å². The quantitative estimate of drug-likeness (QED) is 0.883. The van der Waals surface area contributed by atoms with Gasteiger partial charge in [-0.2, -0.15) is 0 Å². The van der Waals surface area contributed by atoms with Crippen molar-refractivity contribution in [2.24, 2.45) is 4.99 Å². The van der Waals surface area contributed by atoms with Crippen LogP contribution in [0.2, 0.25) is 0 Å². The molecule has 1 aliphatic heterocycles. The van der Waals surface area contributed by atoms with Crippen molar-refractivity contribution < 1.29 is 9.53 Å². The number of carbonyl (C=O) groups is 1. The van der Waals surface area contributed by atoms with Gasteiger partial charge in [-0.3, -0.25) is 4.79 Å². The maximum absolute atomic E-state index is 11.9. The molecule has 24 heavy (non-hydrogen) atoms. The standard InChI is InChI=1S/C19H21N3O2/c1-13-9-5-7-11-16(13)20-18-19(24-4,21-14(2)23)15-10-6-8-12-17(15)22(18)3/h5-12H,1-4H3,(H,21,23). The fourth-order valence-electron chi connectivity index (χ4n) is 3.11. The minimum absolute atomic E-state index is 0.181. The molecule has 0 radical (unpaired) electrons. The first-order valence-corrected chi connectivity index (χ1v) is 7.81. The number of anilines is 1. The van der Waals surface area contributed by atoms with Crippen molar-refractivity contribution in [3.8, 4) is 0 Å². The minimum atomic E-state index is -1.10. The molecule has 3 rings (SSSR count). The Morgan fingerprint density at radius 2 is 1.83 bits per heavy atom. The number of benzene rings is 2. The van der Waals surface area contributed by atoms with E-state index in [1.54, 1.807) is 7.11 Å². The van der Waals surface area contributed by atoms with E-state index in [0.717, 1.165) is 22.5 Å². The normalized spacial score (nSPS) is 21.0. The Balaban J connectivity index is 2.24. The molecule has 0 spiro atoms. The number of methoxy groups -OCH3 is 1. The van der Waals surface area contributed by atoms with Gasteiger partial charge in [-0.15, -0.1) is 0 Å². The van der Waals surface area contributed by atoms with Crippen molar-refractivity contribution in [3.05, 3.63) is 59.7 Å². The summed E-state index contributed by atoms with van der Waals surface area (Å²) in [6, 6.07) is 15.7. The predicted molar refractivity (Wildman–Crippen MR) is 95.6 cm³/mol. The van der Waals surface area contributed by atoms with Crippen LogP contribution < -0.4 is 10.2 Å². The third kappa shape index (κ3) is 2.47. The first kappa shape index (κ1) is 16.2. The summed E-state index contributed by atoms with van der Waals surface area (Å²) < 4.78 is 5.83. The van der Waals surface area contributed by atoms with Crippen LogP contribution in [-0.2, 0) is 15.3 Å². The maximum Gasteiger partial charge on any atom is 0.228 e. The van der Waals surface area contributed by atoms with Crippen molar-refractivity contribution in [3.63, 3.8) is 0 Å². The van der Waals surface area contributed by atoms with Gasteiger partial charge in [0, 0.05) is 26.6 Å². The SMILES string of the molecule is COC1(NC(C)=O)C(=Nc2ccccc2C)N(C)c2ccccc21. The zero-order chi connectivity index (χ0) is 17.3. The number of para-hydroxylation sites is 2. The van der Waals surface area contributed by atoms with E-state index in [1.807, 2.05) is 67.4 Å². The number of ether oxygens (including phenoxy) is 1. The summed E-state index contributed by atoms with van der Waals surface area (Å²) in [6.45, 7) is 3.49. The van der Waals surface area contributed by atoms with Gasteiger partial charge in [0.25, 0.3) is 0 Å². The number of fused-ring (bicyclic) bond motifs is 1. The van der Waals surface area contributed by atoms with E-state index < -0.39 is 5.72 Å². The van der Waals surface area contributed by atoms with Gasteiger partial charge in [-0.25, -0.2) is 4.99 Å². The van der Waals surface area contributed by atoms with E-state index in [2.05, 4.69) is 5.32 Å². The van der Waals surface area contributed by atoms with Gasteiger partial charge in [0.2, 0.25) is 11.6 Å². The highest BCUT2D eigenvalue weighted by molar-refractivity contribution is 6.12. The Kier molecular flexibility index (Phi) is 4.11. The van der Waals surface area contributed by atoms with Gasteiger partial charge < -0.3 is 15.0 Å². The van der Waals surface area contributed by atoms with Crippen LogP contribution in [0.3, 0.4) is 0 Å². The summed E-state index contributed by atoms with van der Waals surface area (Å²) in [7, 11) is 3.51. The number of likely N-dealkylation sites (N-methyl/N-ethyl adjacent to an activating group) is 1. The second-order valence-corrected chi connectivity index (χ2v) is 5.86. The molecule has 2 aromatic rings. The van der Waals surface area contributed by atoms with Crippen molar-refractivity contribution in [2.75, 3.05) is 19.1 Å². The van der Waals surface area contributed by atoms with Crippen molar-refractivity contribution in [1.29, 1.82) is 0 Å². The van der Waals surface area contributed by atoms with E-state index in [4.69, 9.17) is 9.73 Å². The smallest absolute Gasteiger partial charge is 0.228 e. The summed E-state index contributed by atoms with van der Waals surface area (Å²) in [5.41, 5.74) is 2.64. The largest absolute Gasteiger partial charge is 0.348 e. The van der Waals surface area contributed by atoms with E-state index in [-0.39, 0.29) is 5.91 Å². The zero-order valence-corrected chi connectivity index (χ0v) is 14.3. The first-order chi connectivity index (χ1) is 11.5. The van der Waals surface area contributed by atoms with E-state index >= 15 is 0 Å². The Morgan fingerprint density at radius 3 is 2.50 bits per heavy atom. The monoisotopic (exact) mass is 323 g/mol. The van der Waals surface area contributed by atoms with E-state index in [1.165, 1.54) is 6.92 Å². The number of aryl methyl sites for hydroxylation is 1. The van der Waals surface area contributed by atoms with E-state index in [0.29, 0.717) is 5.84 Å². The molecule has 1 heterocycles. The zero-order valence-electron chi connectivity index (χ0n) is 14.3. The topological polar surface area (TPSA) is 53.9 Å². The summed E-state index contributed by atoms with van der Waals surface area (Å²) in [4.78, 5) is 18.7. The molecule has 5 heteroatoms. The molecule has 0 bridgehead atoms. The molecular formula is C19H21N3O2. The van der Waals surface area contributed by atoms with Crippen molar-refractivity contribution in [2.45, 2.75) is 19.6 Å². The molecule has 1 amide bonds. The summed E-state index contributed by atoms with van der Waals surface area (Å²) in [6.07, 6.45) is 0. The first-order valence-electron chi connectivity index (χ1n) is 7.81. The van der Waals surface area contributed by atoms with Gasteiger partial charge in [-0.1, -0.05) is 36.4 Å². The lowest BCUT2D eigenvalue weighted by Gasteiger charge is -2.30. The van der Waals surface area contributed by atoms with Gasteiger partial charge in [0.15, 0.2) is 5.84 Å². The number of nitrogens with one attached hydrogen (secondary N) is 1. The van der Waals surface area contributed by atoms with Crippen LogP contribution in [0.25, 0.3) is 0 Å². The number of amidine groups is 1. The lowest BCUT2D eigenvalue weighted by atomic mass is 10.0. The average Bonchev–Trinajstić information content (AvgIpc) is 2.80. The Hall–Kier alpha value is -2.66. The number of aliphatic imine (C=N–C) groups is 1. The van der Waals surface area contributed by atoms with Crippen LogP contribution in [0.5, 0.6) is 0 Å². The second kappa shape index (κ2) is 6.09. The number of hydrogen-bond donors (Lipinski definition) is 1. The number of rotatable bonds is 3. The molecule has 1 N–H and O–H groups in total. The molecule has 124 valence electrons. The number of carbonyl (C=O) groups excluding carboxylic acids is 1. The molecule has 0 fully saturated rings. The molecule has 1 atom stereocenters. The van der Waals surface area contributed by atoms with Gasteiger partial charge in [-0.05, 0) is 24.6 Å².